The Bertz CT molecular complexity index is 1320. The van der Waals surface area contributed by atoms with Crippen LogP contribution in [0.15, 0.2) is 42.6 Å². The van der Waals surface area contributed by atoms with E-state index in [1.165, 1.54) is 12.7 Å². The summed E-state index contributed by atoms with van der Waals surface area (Å²) in [4.78, 5) is 34.4. The highest BCUT2D eigenvalue weighted by molar-refractivity contribution is 7.70. The SMILES string of the molecule is CO[C@H](COP(=O)(O)CP(=O)(O)O)[C@@H](O)Cc1cnc2c(N3CCC[C@H]3c3ccccc3)cc(Cl)nn12. The molecule has 0 bridgehead atoms. The van der Waals surface area contributed by atoms with Crippen molar-refractivity contribution in [2.75, 3.05) is 31.1 Å². The summed E-state index contributed by atoms with van der Waals surface area (Å²) in [5, 5.41) is 15.4. The summed E-state index contributed by atoms with van der Waals surface area (Å²) in [6.07, 6.45) is 1.26. The topological polar surface area (TPSA) is 167 Å². The van der Waals surface area contributed by atoms with E-state index in [1.807, 2.05) is 18.2 Å². The van der Waals surface area contributed by atoms with Gasteiger partial charge in [-0.1, -0.05) is 41.9 Å². The molecule has 12 nitrogen and oxygen atoms in total. The Labute approximate surface area is 218 Å². The zero-order valence-electron chi connectivity index (χ0n) is 20.0. The zero-order chi connectivity index (χ0) is 26.8. The fourth-order valence-electron chi connectivity index (χ4n) is 4.54. The van der Waals surface area contributed by atoms with E-state index in [0.29, 0.717) is 11.3 Å². The van der Waals surface area contributed by atoms with Crippen LogP contribution in [0, 0.1) is 0 Å². The molecule has 202 valence electrons. The number of fused-ring (bicyclic) bond motifs is 1. The number of methoxy groups -OCH3 is 1. The maximum absolute atomic E-state index is 12.0. The van der Waals surface area contributed by atoms with Crippen molar-refractivity contribution in [1.82, 2.24) is 14.6 Å². The van der Waals surface area contributed by atoms with E-state index >= 15 is 0 Å². The van der Waals surface area contributed by atoms with Crippen molar-refractivity contribution >= 4 is 38.1 Å². The Kier molecular flexibility index (Phi) is 8.75. The van der Waals surface area contributed by atoms with Crippen LogP contribution in [0.5, 0.6) is 0 Å². The van der Waals surface area contributed by atoms with Crippen molar-refractivity contribution in [2.24, 2.45) is 0 Å². The molecule has 1 saturated heterocycles. The first-order chi connectivity index (χ1) is 17.5. The zero-order valence-corrected chi connectivity index (χ0v) is 22.5. The lowest BCUT2D eigenvalue weighted by atomic mass is 10.0. The number of rotatable bonds is 11. The second-order valence-electron chi connectivity index (χ2n) is 8.88. The van der Waals surface area contributed by atoms with Crippen LogP contribution in [0.4, 0.5) is 5.69 Å². The summed E-state index contributed by atoms with van der Waals surface area (Å²) in [6, 6.07) is 12.1. The third kappa shape index (κ3) is 6.97. The highest BCUT2D eigenvalue weighted by Gasteiger charge is 2.33. The van der Waals surface area contributed by atoms with Crippen LogP contribution >= 0.6 is 26.8 Å². The second-order valence-corrected chi connectivity index (χ2v) is 13.3. The predicted octanol–water partition coefficient (Wildman–Crippen LogP) is 2.98. The first kappa shape index (κ1) is 28.2. The third-order valence-electron chi connectivity index (χ3n) is 6.19. The molecule has 37 heavy (non-hydrogen) atoms. The molecule has 1 aliphatic heterocycles. The molecule has 0 saturated carbocycles. The highest BCUT2D eigenvalue weighted by atomic mass is 35.5. The molecule has 2 aromatic heterocycles. The van der Waals surface area contributed by atoms with Crippen LogP contribution < -0.4 is 4.90 Å². The fraction of sp³-hybridized carbons (Fsp3) is 0.455. The van der Waals surface area contributed by atoms with Crippen molar-refractivity contribution in [3.05, 3.63) is 59.0 Å². The molecule has 3 aromatic rings. The van der Waals surface area contributed by atoms with Gasteiger partial charge >= 0.3 is 15.2 Å². The van der Waals surface area contributed by atoms with Crippen molar-refractivity contribution in [2.45, 2.75) is 37.5 Å². The van der Waals surface area contributed by atoms with E-state index in [1.54, 1.807) is 16.8 Å². The van der Waals surface area contributed by atoms with Crippen LogP contribution in [0.2, 0.25) is 5.15 Å². The minimum atomic E-state index is -4.77. The quantitative estimate of drug-likeness (QED) is 0.249. The van der Waals surface area contributed by atoms with Gasteiger partial charge in [0.1, 0.15) is 6.10 Å². The van der Waals surface area contributed by atoms with E-state index in [0.717, 1.165) is 25.1 Å². The van der Waals surface area contributed by atoms with Crippen LogP contribution in [0.25, 0.3) is 5.65 Å². The largest absolute Gasteiger partial charge is 0.390 e. The monoisotopic (exact) mass is 574 g/mol. The first-order valence-electron chi connectivity index (χ1n) is 11.5. The molecule has 1 aromatic carbocycles. The molecular weight excluding hydrogens is 546 g/mol. The van der Waals surface area contributed by atoms with Gasteiger partial charge in [-0.2, -0.15) is 5.10 Å². The fourth-order valence-corrected chi connectivity index (χ4v) is 7.29. The minimum absolute atomic E-state index is 0.00779. The number of aromatic nitrogens is 3. The molecule has 1 aliphatic rings. The van der Waals surface area contributed by atoms with Crippen LogP contribution in [0.1, 0.15) is 30.1 Å². The lowest BCUT2D eigenvalue weighted by Crippen LogP contribution is -2.34. The summed E-state index contributed by atoms with van der Waals surface area (Å²) >= 11 is 6.39. The summed E-state index contributed by atoms with van der Waals surface area (Å²) in [5.74, 6) is -1.33. The normalized spacial score (nSPS) is 19.7. The number of hydrogen-bond donors (Lipinski definition) is 4. The standard InChI is InChI=1S/C22H29ClN4O8P2/c1-34-20(13-35-37(32,33)14-36(29,30)31)19(28)10-16-12-24-22-18(11-21(23)25-27(16)22)26-9-5-8-17(26)15-6-3-2-4-7-15/h2-4,6-7,11-12,17,19-20,28H,5,8-10,13-14H2,1H3,(H,32,33)(H2,29,30,31)/t17-,19-,20+/m0/s1. The third-order valence-corrected chi connectivity index (χ3v) is 9.83. The minimum Gasteiger partial charge on any atom is -0.390 e. The molecule has 15 heteroatoms. The number of anilines is 1. The summed E-state index contributed by atoms with van der Waals surface area (Å²) in [6.45, 7) is 0.257. The second kappa shape index (κ2) is 11.5. The lowest BCUT2D eigenvalue weighted by Gasteiger charge is -2.27. The Morgan fingerprint density at radius 3 is 2.62 bits per heavy atom. The smallest absolute Gasteiger partial charge is 0.340 e. The molecule has 1 fully saturated rings. The van der Waals surface area contributed by atoms with Gasteiger partial charge in [0.15, 0.2) is 16.7 Å². The Balaban J connectivity index is 1.54. The highest BCUT2D eigenvalue weighted by Crippen LogP contribution is 2.55. The molecule has 0 amide bonds. The maximum atomic E-state index is 12.0. The van der Waals surface area contributed by atoms with Gasteiger partial charge < -0.3 is 33.9 Å². The Morgan fingerprint density at radius 1 is 1.22 bits per heavy atom. The van der Waals surface area contributed by atoms with Gasteiger partial charge in [0.05, 0.1) is 36.3 Å². The van der Waals surface area contributed by atoms with Crippen LogP contribution in [0.3, 0.4) is 0 Å². The Hall–Kier alpha value is -1.85. The molecule has 0 spiro atoms. The van der Waals surface area contributed by atoms with E-state index in [9.17, 15) is 19.1 Å². The number of imidazole rings is 1. The van der Waals surface area contributed by atoms with Gasteiger partial charge in [-0.05, 0) is 18.4 Å². The molecular formula is C22H29ClN4O8P2. The lowest BCUT2D eigenvalue weighted by molar-refractivity contribution is -0.0366. The van der Waals surface area contributed by atoms with Gasteiger partial charge in [-0.3, -0.25) is 9.13 Å². The number of halogens is 1. The van der Waals surface area contributed by atoms with Gasteiger partial charge in [0.2, 0.25) is 0 Å². The van der Waals surface area contributed by atoms with Gasteiger partial charge in [-0.25, -0.2) is 9.50 Å². The molecule has 4 rings (SSSR count). The number of ether oxygens (including phenoxy) is 1. The van der Waals surface area contributed by atoms with Gasteiger partial charge in [-0.15, -0.1) is 0 Å². The van der Waals surface area contributed by atoms with Crippen LogP contribution in [-0.4, -0.2) is 72.8 Å². The van der Waals surface area contributed by atoms with E-state index < -0.39 is 39.9 Å². The van der Waals surface area contributed by atoms with Crippen molar-refractivity contribution in [3.63, 3.8) is 0 Å². The number of nitrogens with zero attached hydrogens (tertiary/aromatic N) is 4. The number of hydrogen-bond acceptors (Lipinski definition) is 8. The Morgan fingerprint density at radius 2 is 1.95 bits per heavy atom. The van der Waals surface area contributed by atoms with Crippen molar-refractivity contribution in [1.29, 1.82) is 0 Å². The average Bonchev–Trinajstić information content (AvgIpc) is 3.46. The van der Waals surface area contributed by atoms with Crippen molar-refractivity contribution in [3.8, 4) is 0 Å². The number of benzene rings is 1. The summed E-state index contributed by atoms with van der Waals surface area (Å²) < 4.78 is 34.6. The van der Waals surface area contributed by atoms with E-state index in [4.69, 9.17) is 30.6 Å². The molecule has 4 atom stereocenters. The molecule has 0 radical (unpaired) electrons. The molecule has 4 N–H and O–H groups in total. The number of aliphatic hydroxyl groups is 1. The average molecular weight is 575 g/mol. The maximum Gasteiger partial charge on any atom is 0.340 e. The number of aliphatic hydroxyl groups excluding tert-OH is 1. The van der Waals surface area contributed by atoms with E-state index in [2.05, 4.69) is 27.1 Å². The predicted molar refractivity (Wildman–Crippen MR) is 137 cm³/mol. The van der Waals surface area contributed by atoms with Crippen molar-refractivity contribution < 1.29 is 38.2 Å². The molecule has 3 heterocycles. The molecule has 1 unspecified atom stereocenters. The van der Waals surface area contributed by atoms with E-state index in [-0.39, 0.29) is 17.6 Å². The van der Waals surface area contributed by atoms with Crippen LogP contribution in [-0.2, 0) is 24.8 Å². The van der Waals surface area contributed by atoms with Gasteiger partial charge in [0, 0.05) is 26.1 Å². The summed E-state index contributed by atoms with van der Waals surface area (Å²) in [7, 11) is -8.09. The molecule has 0 aliphatic carbocycles. The van der Waals surface area contributed by atoms with Gasteiger partial charge in [0.25, 0.3) is 0 Å². The summed E-state index contributed by atoms with van der Waals surface area (Å²) in [5.41, 5.74) is 3.10. The first-order valence-corrected chi connectivity index (χ1v) is 15.5.